The van der Waals surface area contributed by atoms with Gasteiger partial charge in [0.2, 0.25) is 5.89 Å². The van der Waals surface area contributed by atoms with Crippen molar-refractivity contribution in [3.05, 3.63) is 65.1 Å². The average Bonchev–Trinajstić information content (AvgIpc) is 2.92. The highest BCUT2D eigenvalue weighted by Gasteiger charge is 2.12. The second kappa shape index (κ2) is 4.46. The fourth-order valence-electron chi connectivity index (χ4n) is 2.41. The Morgan fingerprint density at radius 2 is 1.65 bits per heavy atom. The minimum absolute atomic E-state index is 0.642. The van der Waals surface area contributed by atoms with Crippen LogP contribution in [0.25, 0.3) is 33.3 Å². The van der Waals surface area contributed by atoms with Crippen molar-refractivity contribution in [2.24, 2.45) is 0 Å². The van der Waals surface area contributed by atoms with Gasteiger partial charge in [-0.05, 0) is 39.5 Å². The number of nitrogens with zero attached hydrogens (tertiary/aromatic N) is 1. The summed E-state index contributed by atoms with van der Waals surface area (Å²) in [4.78, 5) is 4.68. The lowest BCUT2D eigenvalue weighted by Crippen LogP contribution is -1.79. The molecule has 0 radical (unpaired) electrons. The van der Waals surface area contributed by atoms with Crippen LogP contribution in [0.4, 0.5) is 0 Å². The Labute approximate surface area is 124 Å². The van der Waals surface area contributed by atoms with E-state index in [1.165, 1.54) is 5.39 Å². The third-order valence-corrected chi connectivity index (χ3v) is 4.08. The number of rotatable bonds is 1. The van der Waals surface area contributed by atoms with Gasteiger partial charge in [-0.15, -0.1) is 0 Å². The molecule has 20 heavy (non-hydrogen) atoms. The normalized spacial score (nSPS) is 11.2. The van der Waals surface area contributed by atoms with Gasteiger partial charge >= 0.3 is 0 Å². The van der Waals surface area contributed by atoms with Crippen LogP contribution in [0.2, 0.25) is 0 Å². The molecule has 4 rings (SSSR count). The number of fused-ring (bicyclic) bond motifs is 3. The quantitative estimate of drug-likeness (QED) is 0.468. The van der Waals surface area contributed by atoms with E-state index in [4.69, 9.17) is 4.42 Å². The second-order valence-corrected chi connectivity index (χ2v) is 5.49. The molecular weight excluding hydrogens is 314 g/mol. The predicted octanol–water partition coefficient (Wildman–Crippen LogP) is 5.41. The van der Waals surface area contributed by atoms with Crippen LogP contribution in [-0.2, 0) is 0 Å². The van der Waals surface area contributed by atoms with Crippen LogP contribution >= 0.6 is 15.9 Å². The molecule has 0 N–H and O–H groups in total. The lowest BCUT2D eigenvalue weighted by molar-refractivity contribution is 0.619. The fourth-order valence-corrected chi connectivity index (χ4v) is 2.87. The van der Waals surface area contributed by atoms with Gasteiger partial charge in [0, 0.05) is 9.86 Å². The Morgan fingerprint density at radius 3 is 2.55 bits per heavy atom. The number of oxazole rings is 1. The van der Waals surface area contributed by atoms with E-state index in [0.717, 1.165) is 26.5 Å². The number of hydrogen-bond donors (Lipinski definition) is 0. The maximum absolute atomic E-state index is 5.90. The number of benzene rings is 3. The van der Waals surface area contributed by atoms with Crippen molar-refractivity contribution in [2.75, 3.05) is 0 Å². The fraction of sp³-hybridized carbons (Fsp3) is 0. The van der Waals surface area contributed by atoms with Crippen LogP contribution in [-0.4, -0.2) is 4.98 Å². The molecule has 3 aromatic carbocycles. The van der Waals surface area contributed by atoms with Crippen molar-refractivity contribution < 1.29 is 4.42 Å². The summed E-state index contributed by atoms with van der Waals surface area (Å²) in [5.74, 6) is 0.642. The van der Waals surface area contributed by atoms with E-state index in [2.05, 4.69) is 39.1 Å². The van der Waals surface area contributed by atoms with Gasteiger partial charge in [-0.1, -0.05) is 42.5 Å². The molecule has 0 saturated heterocycles. The van der Waals surface area contributed by atoms with Crippen LogP contribution in [0.1, 0.15) is 0 Å². The number of halogens is 1. The van der Waals surface area contributed by atoms with E-state index in [9.17, 15) is 0 Å². The molecule has 0 bridgehead atoms. The van der Waals surface area contributed by atoms with Gasteiger partial charge in [-0.25, -0.2) is 4.98 Å². The van der Waals surface area contributed by atoms with Crippen molar-refractivity contribution in [3.63, 3.8) is 0 Å². The lowest BCUT2D eigenvalue weighted by Gasteiger charge is -1.97. The molecule has 1 aromatic heterocycles. The third-order valence-electron chi connectivity index (χ3n) is 3.39. The van der Waals surface area contributed by atoms with Crippen LogP contribution in [0.3, 0.4) is 0 Å². The molecule has 0 aliphatic rings. The van der Waals surface area contributed by atoms with E-state index in [1.54, 1.807) is 0 Å². The van der Waals surface area contributed by atoms with E-state index in [-0.39, 0.29) is 0 Å². The summed E-state index contributed by atoms with van der Waals surface area (Å²) < 4.78 is 6.88. The van der Waals surface area contributed by atoms with Crippen molar-refractivity contribution in [3.8, 4) is 11.5 Å². The van der Waals surface area contributed by atoms with E-state index in [0.29, 0.717) is 5.89 Å². The Bertz CT molecular complexity index is 926. The Hall–Kier alpha value is -2.13. The molecule has 0 aliphatic carbocycles. The molecule has 0 aliphatic heterocycles. The summed E-state index contributed by atoms with van der Waals surface area (Å²) in [5.41, 5.74) is 2.69. The van der Waals surface area contributed by atoms with Gasteiger partial charge in [-0.3, -0.25) is 0 Å². The van der Waals surface area contributed by atoms with E-state index in [1.807, 2.05) is 42.5 Å². The average molecular weight is 324 g/mol. The van der Waals surface area contributed by atoms with Crippen LogP contribution in [0.15, 0.2) is 69.6 Å². The highest BCUT2D eigenvalue weighted by molar-refractivity contribution is 9.10. The molecule has 96 valence electrons. The van der Waals surface area contributed by atoms with Crippen LogP contribution in [0, 0.1) is 0 Å². The summed E-state index contributed by atoms with van der Waals surface area (Å²) in [7, 11) is 0. The topological polar surface area (TPSA) is 26.0 Å². The maximum atomic E-state index is 5.90. The zero-order valence-corrected chi connectivity index (χ0v) is 12.1. The number of hydrogen-bond acceptors (Lipinski definition) is 2. The van der Waals surface area contributed by atoms with Gasteiger partial charge in [0.25, 0.3) is 0 Å². The molecule has 0 amide bonds. The summed E-state index contributed by atoms with van der Waals surface area (Å²) in [6.07, 6.45) is 0. The highest BCUT2D eigenvalue weighted by Crippen LogP contribution is 2.32. The van der Waals surface area contributed by atoms with Crippen molar-refractivity contribution in [2.45, 2.75) is 0 Å². The number of aromatic nitrogens is 1. The summed E-state index contributed by atoms with van der Waals surface area (Å²) in [5, 5.41) is 2.29. The summed E-state index contributed by atoms with van der Waals surface area (Å²) >= 11 is 3.54. The smallest absolute Gasteiger partial charge is 0.228 e. The summed E-state index contributed by atoms with van der Waals surface area (Å²) in [6.45, 7) is 0. The highest BCUT2D eigenvalue weighted by atomic mass is 79.9. The third kappa shape index (κ3) is 1.74. The maximum Gasteiger partial charge on any atom is 0.228 e. The molecule has 0 saturated carbocycles. The van der Waals surface area contributed by atoms with Crippen LogP contribution < -0.4 is 0 Å². The lowest BCUT2D eigenvalue weighted by atomic mass is 10.1. The molecule has 0 atom stereocenters. The van der Waals surface area contributed by atoms with E-state index >= 15 is 0 Å². The van der Waals surface area contributed by atoms with Crippen molar-refractivity contribution in [1.82, 2.24) is 4.98 Å². The van der Waals surface area contributed by atoms with Gasteiger partial charge in [-0.2, -0.15) is 0 Å². The van der Waals surface area contributed by atoms with Gasteiger partial charge in [0.1, 0.15) is 5.52 Å². The first-order valence-electron chi connectivity index (χ1n) is 6.36. The first kappa shape index (κ1) is 11.7. The molecule has 1 heterocycles. The SMILES string of the molecule is Brc1ccccc1-c1nc2c(ccc3ccccc32)o1. The van der Waals surface area contributed by atoms with Gasteiger partial charge < -0.3 is 4.42 Å². The molecule has 0 fully saturated rings. The van der Waals surface area contributed by atoms with Crippen molar-refractivity contribution in [1.29, 1.82) is 0 Å². The second-order valence-electron chi connectivity index (χ2n) is 4.63. The monoisotopic (exact) mass is 323 g/mol. The predicted molar refractivity (Wildman–Crippen MR) is 84.7 cm³/mol. The summed E-state index contributed by atoms with van der Waals surface area (Å²) in [6, 6.07) is 20.2. The zero-order valence-electron chi connectivity index (χ0n) is 10.5. The van der Waals surface area contributed by atoms with Gasteiger partial charge in [0.15, 0.2) is 5.58 Å². The molecule has 0 spiro atoms. The van der Waals surface area contributed by atoms with Gasteiger partial charge in [0.05, 0.1) is 5.56 Å². The van der Waals surface area contributed by atoms with E-state index < -0.39 is 0 Å². The van der Waals surface area contributed by atoms with Crippen LogP contribution in [0.5, 0.6) is 0 Å². The molecule has 3 heteroatoms. The Kier molecular flexibility index (Phi) is 2.60. The molecule has 2 nitrogen and oxygen atoms in total. The molecule has 4 aromatic rings. The molecular formula is C17H10BrNO. The first-order valence-corrected chi connectivity index (χ1v) is 7.15. The largest absolute Gasteiger partial charge is 0.436 e. The zero-order chi connectivity index (χ0) is 13.5. The Balaban J connectivity index is 2.04. The Morgan fingerprint density at radius 1 is 0.850 bits per heavy atom. The van der Waals surface area contributed by atoms with Crippen molar-refractivity contribution >= 4 is 37.8 Å². The minimum atomic E-state index is 0.642. The molecule has 0 unspecified atom stereocenters. The standard InChI is InChI=1S/C17H10BrNO/c18-14-8-4-3-7-13(14)17-19-16-12-6-2-1-5-11(12)9-10-15(16)20-17/h1-10H. The minimum Gasteiger partial charge on any atom is -0.436 e. The first-order chi connectivity index (χ1) is 9.83.